The van der Waals surface area contributed by atoms with Gasteiger partial charge in [0.05, 0.1) is 11.7 Å². The smallest absolute Gasteiger partial charge is 0.158 e. The molecule has 4 nitrogen and oxygen atoms in total. The minimum Gasteiger partial charge on any atom is -0.359 e. The van der Waals surface area contributed by atoms with Crippen LogP contribution in [-0.2, 0) is 13.0 Å². The normalized spacial score (nSPS) is 26.7. The molecule has 0 spiro atoms. The second-order valence-corrected chi connectivity index (χ2v) is 4.96. The van der Waals surface area contributed by atoms with E-state index in [1.54, 1.807) is 0 Å². The minimum absolute atomic E-state index is 0.400. The highest BCUT2D eigenvalue weighted by Crippen LogP contribution is 2.30. The Balaban J connectivity index is 1.86. The largest absolute Gasteiger partial charge is 0.359 e. The van der Waals surface area contributed by atoms with E-state index in [0.29, 0.717) is 6.04 Å². The van der Waals surface area contributed by atoms with Crippen molar-refractivity contribution >= 4 is 0 Å². The van der Waals surface area contributed by atoms with Gasteiger partial charge in [-0.15, -0.1) is 0 Å². The van der Waals surface area contributed by atoms with Gasteiger partial charge in [-0.05, 0) is 26.4 Å². The molecule has 0 aliphatic carbocycles. The number of aromatic nitrogens is 1. The summed E-state index contributed by atoms with van der Waals surface area (Å²) < 4.78 is 5.57. The average molecular weight is 221 g/mol. The molecule has 1 N–H and O–H groups in total. The first kappa shape index (κ1) is 10.3. The molecule has 0 bridgehead atoms. The number of fused-ring (bicyclic) bond motifs is 1. The molecule has 4 heteroatoms. The van der Waals surface area contributed by atoms with Crippen LogP contribution in [0.5, 0.6) is 0 Å². The Bertz CT molecular complexity index is 368. The maximum absolute atomic E-state index is 5.57. The van der Waals surface area contributed by atoms with Crippen molar-refractivity contribution in [3.05, 3.63) is 17.0 Å². The Morgan fingerprint density at radius 3 is 3.19 bits per heavy atom. The first-order chi connectivity index (χ1) is 7.84. The van der Waals surface area contributed by atoms with E-state index < -0.39 is 0 Å². The average Bonchev–Trinajstić information content (AvgIpc) is 2.73. The van der Waals surface area contributed by atoms with E-state index in [4.69, 9.17) is 4.52 Å². The van der Waals surface area contributed by atoms with Gasteiger partial charge in [-0.3, -0.25) is 0 Å². The Labute approximate surface area is 96.0 Å². The van der Waals surface area contributed by atoms with E-state index in [1.807, 2.05) is 0 Å². The molecule has 3 rings (SSSR count). The maximum Gasteiger partial charge on any atom is 0.158 e. The van der Waals surface area contributed by atoms with Crippen LogP contribution in [-0.4, -0.2) is 30.2 Å². The van der Waals surface area contributed by atoms with Crippen LogP contribution in [0.2, 0.25) is 0 Å². The van der Waals surface area contributed by atoms with Crippen molar-refractivity contribution in [2.75, 3.05) is 20.1 Å². The molecular formula is C12H19N3O. The summed E-state index contributed by atoms with van der Waals surface area (Å²) in [5, 5.41) is 7.76. The van der Waals surface area contributed by atoms with E-state index in [0.717, 1.165) is 31.8 Å². The molecule has 0 amide bonds. The first-order valence-electron chi connectivity index (χ1n) is 6.24. The summed E-state index contributed by atoms with van der Waals surface area (Å²) in [6, 6.07) is 0.400. The number of nitrogens with one attached hydrogen (secondary N) is 1. The van der Waals surface area contributed by atoms with E-state index in [2.05, 4.69) is 22.4 Å². The third-order valence-corrected chi connectivity index (χ3v) is 3.69. The summed E-state index contributed by atoms with van der Waals surface area (Å²) in [5.41, 5.74) is 2.52. The summed E-state index contributed by atoms with van der Waals surface area (Å²) in [5.74, 6) is 1.10. The minimum atomic E-state index is 0.400. The highest BCUT2D eigenvalue weighted by atomic mass is 16.5. The third-order valence-electron chi connectivity index (χ3n) is 3.69. The number of piperidine rings is 1. The Morgan fingerprint density at radius 2 is 2.38 bits per heavy atom. The van der Waals surface area contributed by atoms with Crippen LogP contribution >= 0.6 is 0 Å². The van der Waals surface area contributed by atoms with Crippen molar-refractivity contribution in [1.29, 1.82) is 0 Å². The van der Waals surface area contributed by atoms with Crippen LogP contribution in [0.4, 0.5) is 0 Å². The first-order valence-corrected chi connectivity index (χ1v) is 6.24. The van der Waals surface area contributed by atoms with Gasteiger partial charge in [-0.2, -0.15) is 0 Å². The van der Waals surface area contributed by atoms with Crippen molar-refractivity contribution in [3.8, 4) is 0 Å². The summed E-state index contributed by atoms with van der Waals surface area (Å²) in [6.45, 7) is 3.19. The number of nitrogens with zero attached hydrogens (tertiary/aromatic N) is 2. The molecule has 1 atom stereocenters. The van der Waals surface area contributed by atoms with Gasteiger partial charge < -0.3 is 14.7 Å². The SMILES string of the molecule is CN1CCc2noc(C3CCCCN3)c2C1. The summed E-state index contributed by atoms with van der Waals surface area (Å²) in [6.07, 6.45) is 4.79. The number of likely N-dealkylation sites (N-methyl/N-ethyl adjacent to an activating group) is 1. The van der Waals surface area contributed by atoms with E-state index in [9.17, 15) is 0 Å². The van der Waals surface area contributed by atoms with Gasteiger partial charge in [-0.1, -0.05) is 11.6 Å². The zero-order chi connectivity index (χ0) is 11.0. The van der Waals surface area contributed by atoms with Gasteiger partial charge in [0, 0.05) is 25.1 Å². The summed E-state index contributed by atoms with van der Waals surface area (Å²) >= 11 is 0. The number of rotatable bonds is 1. The Hall–Kier alpha value is -0.870. The fourth-order valence-corrected chi connectivity index (χ4v) is 2.72. The van der Waals surface area contributed by atoms with Gasteiger partial charge in [0.15, 0.2) is 5.76 Å². The summed E-state index contributed by atoms with van der Waals surface area (Å²) in [7, 11) is 2.16. The molecule has 0 radical (unpaired) electrons. The lowest BCUT2D eigenvalue weighted by molar-refractivity contribution is 0.295. The zero-order valence-electron chi connectivity index (χ0n) is 9.83. The second kappa shape index (κ2) is 4.18. The standard InChI is InChI=1S/C12H19N3O/c1-15-7-5-10-9(8-15)12(16-14-10)11-4-2-3-6-13-11/h11,13H,2-8H2,1H3. The zero-order valence-corrected chi connectivity index (χ0v) is 9.83. The lowest BCUT2D eigenvalue weighted by Crippen LogP contribution is -2.30. The maximum atomic E-state index is 5.57. The van der Waals surface area contributed by atoms with Crippen LogP contribution in [0.3, 0.4) is 0 Å². The number of hydrogen-bond acceptors (Lipinski definition) is 4. The fraction of sp³-hybridized carbons (Fsp3) is 0.750. The van der Waals surface area contributed by atoms with Crippen molar-refractivity contribution in [3.63, 3.8) is 0 Å². The molecule has 1 unspecified atom stereocenters. The van der Waals surface area contributed by atoms with Crippen LogP contribution in [0, 0.1) is 0 Å². The molecule has 3 heterocycles. The highest BCUT2D eigenvalue weighted by molar-refractivity contribution is 5.27. The lowest BCUT2D eigenvalue weighted by atomic mass is 9.97. The molecule has 0 aromatic carbocycles. The van der Waals surface area contributed by atoms with Crippen LogP contribution in [0.15, 0.2) is 4.52 Å². The van der Waals surface area contributed by atoms with Gasteiger partial charge in [0.1, 0.15) is 0 Å². The van der Waals surface area contributed by atoms with Crippen molar-refractivity contribution in [2.24, 2.45) is 0 Å². The van der Waals surface area contributed by atoms with E-state index in [1.165, 1.54) is 30.5 Å². The lowest BCUT2D eigenvalue weighted by Gasteiger charge is -2.25. The van der Waals surface area contributed by atoms with Gasteiger partial charge in [0.25, 0.3) is 0 Å². The monoisotopic (exact) mass is 221 g/mol. The molecule has 1 aromatic heterocycles. The topological polar surface area (TPSA) is 41.3 Å². The second-order valence-electron chi connectivity index (χ2n) is 4.96. The van der Waals surface area contributed by atoms with Crippen molar-refractivity contribution < 1.29 is 4.52 Å². The molecule has 2 aliphatic rings. The quantitative estimate of drug-likeness (QED) is 0.780. The van der Waals surface area contributed by atoms with Gasteiger partial charge in [0.2, 0.25) is 0 Å². The van der Waals surface area contributed by atoms with Crippen LogP contribution < -0.4 is 5.32 Å². The molecule has 1 fully saturated rings. The predicted molar refractivity (Wildman–Crippen MR) is 61.1 cm³/mol. The van der Waals surface area contributed by atoms with Crippen LogP contribution in [0.1, 0.15) is 42.3 Å². The van der Waals surface area contributed by atoms with E-state index >= 15 is 0 Å². The fourth-order valence-electron chi connectivity index (χ4n) is 2.72. The van der Waals surface area contributed by atoms with Gasteiger partial charge >= 0.3 is 0 Å². The molecule has 1 saturated heterocycles. The van der Waals surface area contributed by atoms with Crippen molar-refractivity contribution in [1.82, 2.24) is 15.4 Å². The van der Waals surface area contributed by atoms with Crippen molar-refractivity contribution in [2.45, 2.75) is 38.3 Å². The summed E-state index contributed by atoms with van der Waals surface area (Å²) in [4.78, 5) is 2.34. The molecule has 2 aliphatic heterocycles. The number of hydrogen-bond donors (Lipinski definition) is 1. The molecule has 16 heavy (non-hydrogen) atoms. The Kier molecular flexibility index (Phi) is 2.69. The third kappa shape index (κ3) is 1.76. The Morgan fingerprint density at radius 1 is 1.44 bits per heavy atom. The van der Waals surface area contributed by atoms with E-state index in [-0.39, 0.29) is 0 Å². The predicted octanol–water partition coefficient (Wildman–Crippen LogP) is 1.48. The highest BCUT2D eigenvalue weighted by Gasteiger charge is 2.27. The molecule has 88 valence electrons. The van der Waals surface area contributed by atoms with Crippen LogP contribution in [0.25, 0.3) is 0 Å². The molecule has 1 aromatic rings. The van der Waals surface area contributed by atoms with Gasteiger partial charge in [-0.25, -0.2) is 0 Å². The molecule has 0 saturated carbocycles. The molecular weight excluding hydrogens is 202 g/mol.